The molecule has 1 saturated heterocycles. The number of ether oxygens (including phenoxy) is 2. The molecule has 1 aliphatic heterocycles. The summed E-state index contributed by atoms with van der Waals surface area (Å²) in [5.41, 5.74) is 0.0244. The normalized spacial score (nSPS) is 15.2. The van der Waals surface area contributed by atoms with Crippen LogP contribution in [0.4, 0.5) is 11.4 Å². The van der Waals surface area contributed by atoms with Crippen LogP contribution in [-0.2, 0) is 14.4 Å². The predicted octanol–water partition coefficient (Wildman–Crippen LogP) is 3.99. The maximum atomic E-state index is 13.7. The molecule has 0 unspecified atom stereocenters. The van der Waals surface area contributed by atoms with Crippen molar-refractivity contribution in [1.82, 2.24) is 0 Å². The molecule has 2 amide bonds. The van der Waals surface area contributed by atoms with Crippen LogP contribution in [-0.4, -0.2) is 36.9 Å². The van der Waals surface area contributed by atoms with E-state index in [-0.39, 0.29) is 17.3 Å². The lowest BCUT2D eigenvalue weighted by Crippen LogP contribution is -2.63. The molecule has 8 heteroatoms. The molecule has 0 bridgehead atoms. The van der Waals surface area contributed by atoms with Crippen LogP contribution in [0.15, 0.2) is 48.5 Å². The van der Waals surface area contributed by atoms with Crippen molar-refractivity contribution in [2.75, 3.05) is 24.0 Å². The van der Waals surface area contributed by atoms with Gasteiger partial charge in [-0.1, -0.05) is 26.0 Å². The van der Waals surface area contributed by atoms with E-state index in [1.165, 1.54) is 30.9 Å². The first kappa shape index (κ1) is 23.4. The van der Waals surface area contributed by atoms with Crippen molar-refractivity contribution < 1.29 is 23.9 Å². The van der Waals surface area contributed by atoms with E-state index in [0.29, 0.717) is 22.9 Å². The number of rotatable bonds is 7. The SMILES string of the molecule is COc1cccc(N2C(=O)C(C(C)(C)CC(C)=O)C(=O)N(c3cccc(OC)c3)C2=S)c1. The summed E-state index contributed by atoms with van der Waals surface area (Å²) in [6.07, 6.45) is 0.0693. The standard InChI is InChI=1S/C24H26N2O5S/c1-15(27)14-24(2,3)20-21(28)25(16-8-6-10-18(12-16)30-4)23(32)26(22(20)29)17-9-7-11-19(13-17)31-5/h6-13,20H,14H2,1-5H3. The third kappa shape index (κ3) is 4.36. The lowest BCUT2D eigenvalue weighted by molar-refractivity contribution is -0.138. The summed E-state index contributed by atoms with van der Waals surface area (Å²) in [6.45, 7) is 4.94. The smallest absolute Gasteiger partial charge is 0.246 e. The Morgan fingerprint density at radius 1 is 0.938 bits per heavy atom. The Bertz CT molecular complexity index is 1010. The Hall–Kier alpha value is -3.26. The van der Waals surface area contributed by atoms with E-state index < -0.39 is 23.1 Å². The molecule has 32 heavy (non-hydrogen) atoms. The maximum Gasteiger partial charge on any atom is 0.246 e. The van der Waals surface area contributed by atoms with Gasteiger partial charge in [-0.3, -0.25) is 19.4 Å². The molecular formula is C24H26N2O5S. The van der Waals surface area contributed by atoms with Crippen molar-refractivity contribution in [1.29, 1.82) is 0 Å². The van der Waals surface area contributed by atoms with Crippen LogP contribution in [0, 0.1) is 11.3 Å². The zero-order valence-electron chi connectivity index (χ0n) is 18.7. The zero-order chi connectivity index (χ0) is 23.6. The van der Waals surface area contributed by atoms with Crippen molar-refractivity contribution >= 4 is 46.3 Å². The van der Waals surface area contributed by atoms with Crippen molar-refractivity contribution in [3.8, 4) is 11.5 Å². The summed E-state index contributed by atoms with van der Waals surface area (Å²) < 4.78 is 10.6. The summed E-state index contributed by atoms with van der Waals surface area (Å²) in [4.78, 5) is 42.0. The van der Waals surface area contributed by atoms with Crippen LogP contribution in [0.1, 0.15) is 27.2 Å². The van der Waals surface area contributed by atoms with E-state index >= 15 is 0 Å². The Balaban J connectivity index is 2.18. The first-order valence-electron chi connectivity index (χ1n) is 10.1. The molecule has 2 aromatic rings. The van der Waals surface area contributed by atoms with Crippen molar-refractivity contribution in [3.05, 3.63) is 48.5 Å². The van der Waals surface area contributed by atoms with Gasteiger partial charge in [0, 0.05) is 18.6 Å². The number of thiocarbonyl (C=S) groups is 1. The van der Waals surface area contributed by atoms with Gasteiger partial charge in [-0.05, 0) is 48.8 Å². The average Bonchev–Trinajstić information content (AvgIpc) is 2.72. The van der Waals surface area contributed by atoms with Gasteiger partial charge in [0.05, 0.1) is 25.6 Å². The first-order chi connectivity index (χ1) is 15.1. The van der Waals surface area contributed by atoms with Gasteiger partial charge < -0.3 is 14.3 Å². The number of benzene rings is 2. The molecule has 1 aliphatic rings. The van der Waals surface area contributed by atoms with Crippen LogP contribution < -0.4 is 19.3 Å². The van der Waals surface area contributed by atoms with Gasteiger partial charge in [0.15, 0.2) is 5.11 Å². The highest BCUT2D eigenvalue weighted by Gasteiger charge is 2.52. The van der Waals surface area contributed by atoms with Gasteiger partial charge in [0.1, 0.15) is 23.2 Å². The van der Waals surface area contributed by atoms with Gasteiger partial charge in [0.2, 0.25) is 11.8 Å². The largest absolute Gasteiger partial charge is 0.497 e. The second-order valence-corrected chi connectivity index (χ2v) is 8.70. The van der Waals surface area contributed by atoms with Crippen LogP contribution in [0.5, 0.6) is 11.5 Å². The topological polar surface area (TPSA) is 76.2 Å². The van der Waals surface area contributed by atoms with E-state index in [1.807, 2.05) is 0 Å². The number of carbonyl (C=O) groups excluding carboxylic acids is 3. The number of anilines is 2. The van der Waals surface area contributed by atoms with Crippen LogP contribution in [0.25, 0.3) is 0 Å². The van der Waals surface area contributed by atoms with E-state index in [1.54, 1.807) is 62.4 Å². The third-order valence-electron chi connectivity index (χ3n) is 5.43. The number of methoxy groups -OCH3 is 2. The first-order valence-corrected chi connectivity index (χ1v) is 10.5. The molecule has 0 radical (unpaired) electrons. The van der Waals surface area contributed by atoms with Crippen molar-refractivity contribution in [2.24, 2.45) is 11.3 Å². The predicted molar refractivity (Wildman–Crippen MR) is 126 cm³/mol. The summed E-state index contributed by atoms with van der Waals surface area (Å²) >= 11 is 5.65. The van der Waals surface area contributed by atoms with E-state index in [2.05, 4.69) is 0 Å². The van der Waals surface area contributed by atoms with Crippen LogP contribution in [0.2, 0.25) is 0 Å². The summed E-state index contributed by atoms with van der Waals surface area (Å²) in [6, 6.07) is 13.8. The maximum absolute atomic E-state index is 13.7. The molecule has 0 saturated carbocycles. The van der Waals surface area contributed by atoms with Crippen LogP contribution >= 0.6 is 12.2 Å². The minimum atomic E-state index is -1.12. The van der Waals surface area contributed by atoms with Gasteiger partial charge in [-0.15, -0.1) is 0 Å². The Labute approximate surface area is 192 Å². The molecule has 0 atom stereocenters. The van der Waals surface area contributed by atoms with Crippen molar-refractivity contribution in [3.63, 3.8) is 0 Å². The molecule has 0 spiro atoms. The quantitative estimate of drug-likeness (QED) is 0.465. The Kier molecular flexibility index (Phi) is 6.64. The number of amides is 2. The van der Waals surface area contributed by atoms with Gasteiger partial charge in [-0.25, -0.2) is 0 Å². The van der Waals surface area contributed by atoms with E-state index in [0.717, 1.165) is 0 Å². The number of hydrogen-bond acceptors (Lipinski definition) is 6. The number of ketones is 1. The molecule has 3 rings (SSSR count). The molecule has 0 N–H and O–H groups in total. The average molecular weight is 455 g/mol. The number of carbonyl (C=O) groups is 3. The summed E-state index contributed by atoms with van der Waals surface area (Å²) in [5.74, 6) is -1.08. The molecule has 168 valence electrons. The highest BCUT2D eigenvalue weighted by Crippen LogP contribution is 2.40. The Morgan fingerprint density at radius 3 is 1.75 bits per heavy atom. The van der Waals surface area contributed by atoms with E-state index in [9.17, 15) is 14.4 Å². The van der Waals surface area contributed by atoms with E-state index in [4.69, 9.17) is 21.7 Å². The number of nitrogens with zero attached hydrogens (tertiary/aromatic N) is 2. The molecular weight excluding hydrogens is 428 g/mol. The summed E-state index contributed by atoms with van der Waals surface area (Å²) in [5, 5.41) is 0.0244. The number of Topliss-reactive ketones (excluding diaryl/α,β-unsaturated/α-hetero) is 1. The molecule has 0 aromatic heterocycles. The van der Waals surface area contributed by atoms with Gasteiger partial charge in [0.25, 0.3) is 0 Å². The summed E-state index contributed by atoms with van der Waals surface area (Å²) in [7, 11) is 3.06. The van der Waals surface area contributed by atoms with Crippen LogP contribution in [0.3, 0.4) is 0 Å². The third-order valence-corrected chi connectivity index (χ3v) is 5.79. The fraction of sp³-hybridized carbons (Fsp3) is 0.333. The van der Waals surface area contributed by atoms with Gasteiger partial charge in [-0.2, -0.15) is 0 Å². The Morgan fingerprint density at radius 2 is 1.38 bits per heavy atom. The molecule has 2 aromatic carbocycles. The molecule has 1 fully saturated rings. The molecule has 1 heterocycles. The lowest BCUT2D eigenvalue weighted by Gasteiger charge is -2.44. The minimum Gasteiger partial charge on any atom is -0.497 e. The fourth-order valence-electron chi connectivity index (χ4n) is 4.04. The second kappa shape index (κ2) is 9.08. The molecule has 7 nitrogen and oxygen atoms in total. The second-order valence-electron chi connectivity index (χ2n) is 8.33. The molecule has 0 aliphatic carbocycles. The minimum absolute atomic E-state index is 0.0244. The highest BCUT2D eigenvalue weighted by molar-refractivity contribution is 7.81. The number of hydrogen-bond donors (Lipinski definition) is 0. The monoisotopic (exact) mass is 454 g/mol. The van der Waals surface area contributed by atoms with Crippen molar-refractivity contribution in [2.45, 2.75) is 27.2 Å². The zero-order valence-corrected chi connectivity index (χ0v) is 19.6. The lowest BCUT2D eigenvalue weighted by atomic mass is 9.73. The van der Waals surface area contributed by atoms with Gasteiger partial charge >= 0.3 is 0 Å². The highest BCUT2D eigenvalue weighted by atomic mass is 32.1. The fourth-order valence-corrected chi connectivity index (χ4v) is 4.43.